The number of halogens is 2. The molecule has 3 rings (SSSR count). The van der Waals surface area contributed by atoms with Gasteiger partial charge in [0.15, 0.2) is 0 Å². The maximum Gasteiger partial charge on any atom is 0.112 e. The quantitative estimate of drug-likeness (QED) is 0.733. The van der Waals surface area contributed by atoms with Gasteiger partial charge in [0.2, 0.25) is 0 Å². The maximum absolute atomic E-state index is 10.3. The lowest BCUT2D eigenvalue weighted by atomic mass is 10.2. The van der Waals surface area contributed by atoms with E-state index >= 15 is 0 Å². The van der Waals surface area contributed by atoms with Gasteiger partial charge in [-0.25, -0.2) is 0 Å². The van der Waals surface area contributed by atoms with Crippen LogP contribution in [0, 0.1) is 0 Å². The van der Waals surface area contributed by atoms with Crippen molar-refractivity contribution in [2.75, 3.05) is 43.4 Å². The number of anilines is 1. The molecule has 2 aromatic rings. The predicted octanol–water partition coefficient (Wildman–Crippen LogP) is 2.85. The van der Waals surface area contributed by atoms with Gasteiger partial charge in [0.05, 0.1) is 26.2 Å². The largest absolute Gasteiger partial charge is 0.386 e. The minimum Gasteiger partial charge on any atom is -0.386 e. The fourth-order valence-electron chi connectivity index (χ4n) is 3.10. The molecular formula is C19H23Cl2N2OS+. The Bertz CT molecular complexity index is 693. The molecule has 1 fully saturated rings. The molecule has 3 nitrogen and oxygen atoms in total. The Kier molecular flexibility index (Phi) is 6.91. The lowest BCUT2D eigenvalue weighted by Gasteiger charge is -2.34. The third-order valence-corrected chi connectivity index (χ3v) is 6.02. The molecule has 0 radical (unpaired) electrons. The van der Waals surface area contributed by atoms with Crippen LogP contribution in [0.3, 0.4) is 0 Å². The standard InChI is InChI=1S/C19H22Cl2N2OS/c20-15-3-1-5-17(11-15)23-9-7-22(8-10-23)13-18(24)14-25-19-6-2-4-16(21)12-19/h1-6,11-12,18,24H,7-10,13-14H2/p+1/t18-/m0/s1. The number of nitrogens with one attached hydrogen (secondary N) is 1. The average Bonchev–Trinajstić information content (AvgIpc) is 2.61. The maximum atomic E-state index is 10.3. The molecule has 1 saturated heterocycles. The van der Waals surface area contributed by atoms with Gasteiger partial charge in [0.25, 0.3) is 0 Å². The molecule has 0 spiro atoms. The van der Waals surface area contributed by atoms with Crippen molar-refractivity contribution in [1.82, 2.24) is 0 Å². The molecule has 0 saturated carbocycles. The monoisotopic (exact) mass is 397 g/mol. The van der Waals surface area contributed by atoms with E-state index in [-0.39, 0.29) is 6.10 Å². The highest BCUT2D eigenvalue weighted by atomic mass is 35.5. The zero-order valence-electron chi connectivity index (χ0n) is 14.0. The first-order valence-electron chi connectivity index (χ1n) is 8.50. The van der Waals surface area contributed by atoms with Crippen LogP contribution >= 0.6 is 35.0 Å². The fourth-order valence-corrected chi connectivity index (χ4v) is 4.43. The van der Waals surface area contributed by atoms with Crippen LogP contribution in [-0.4, -0.2) is 49.7 Å². The number of thioether (sulfide) groups is 1. The summed E-state index contributed by atoms with van der Waals surface area (Å²) in [5.41, 5.74) is 1.18. The fraction of sp³-hybridized carbons (Fsp3) is 0.368. The Morgan fingerprint density at radius 1 is 1.04 bits per heavy atom. The lowest BCUT2D eigenvalue weighted by Crippen LogP contribution is -3.15. The molecule has 0 aromatic heterocycles. The third kappa shape index (κ3) is 5.80. The number of hydrogen-bond acceptors (Lipinski definition) is 3. The Labute approximate surface area is 163 Å². The Hall–Kier alpha value is -0.910. The molecule has 1 aliphatic rings. The van der Waals surface area contributed by atoms with Gasteiger partial charge in [-0.05, 0) is 36.4 Å². The van der Waals surface area contributed by atoms with Crippen molar-refractivity contribution < 1.29 is 10.0 Å². The van der Waals surface area contributed by atoms with Crippen LogP contribution in [0.4, 0.5) is 5.69 Å². The van der Waals surface area contributed by atoms with Gasteiger partial charge in [-0.3, -0.25) is 0 Å². The Morgan fingerprint density at radius 2 is 1.72 bits per heavy atom. The number of aliphatic hydroxyl groups excluding tert-OH is 1. The minimum atomic E-state index is -0.309. The van der Waals surface area contributed by atoms with E-state index in [1.54, 1.807) is 11.8 Å². The summed E-state index contributed by atoms with van der Waals surface area (Å²) < 4.78 is 0. The van der Waals surface area contributed by atoms with Crippen molar-refractivity contribution in [2.24, 2.45) is 0 Å². The number of rotatable bonds is 6. The van der Waals surface area contributed by atoms with Crippen LogP contribution in [0.25, 0.3) is 0 Å². The SMILES string of the molecule is O[C@H](CSc1cccc(Cl)c1)C[NH+]1CCN(c2cccc(Cl)c2)CC1. The number of hydrogen-bond donors (Lipinski definition) is 2. The zero-order chi connectivity index (χ0) is 17.6. The molecule has 0 amide bonds. The molecule has 6 heteroatoms. The van der Waals surface area contributed by atoms with Gasteiger partial charge in [-0.1, -0.05) is 35.3 Å². The molecule has 1 atom stereocenters. The summed E-state index contributed by atoms with van der Waals surface area (Å²) in [6.07, 6.45) is -0.309. The molecule has 134 valence electrons. The molecule has 1 aliphatic heterocycles. The number of benzene rings is 2. The van der Waals surface area contributed by atoms with E-state index in [9.17, 15) is 5.11 Å². The van der Waals surface area contributed by atoms with Crippen LogP contribution in [0.15, 0.2) is 53.4 Å². The summed E-state index contributed by atoms with van der Waals surface area (Å²) in [5.74, 6) is 0.696. The molecule has 2 N–H and O–H groups in total. The highest BCUT2D eigenvalue weighted by Crippen LogP contribution is 2.22. The van der Waals surface area contributed by atoms with Crippen LogP contribution in [0.1, 0.15) is 0 Å². The van der Waals surface area contributed by atoms with Crippen molar-refractivity contribution in [3.05, 3.63) is 58.6 Å². The first-order valence-corrected chi connectivity index (χ1v) is 10.2. The molecule has 0 aliphatic carbocycles. The Morgan fingerprint density at radius 3 is 2.40 bits per heavy atom. The summed E-state index contributed by atoms with van der Waals surface area (Å²) in [7, 11) is 0. The summed E-state index contributed by atoms with van der Waals surface area (Å²) in [6, 6.07) is 15.8. The second-order valence-corrected chi connectivity index (χ2v) is 8.31. The van der Waals surface area contributed by atoms with Crippen LogP contribution < -0.4 is 9.80 Å². The first kappa shape index (κ1) is 18.9. The van der Waals surface area contributed by atoms with Crippen molar-refractivity contribution in [1.29, 1.82) is 0 Å². The van der Waals surface area contributed by atoms with Gasteiger partial charge < -0.3 is 14.9 Å². The molecular weight excluding hydrogens is 375 g/mol. The summed E-state index contributed by atoms with van der Waals surface area (Å²) in [6.45, 7) is 4.83. The normalized spacial score (nSPS) is 16.8. The van der Waals surface area contributed by atoms with Crippen molar-refractivity contribution in [2.45, 2.75) is 11.0 Å². The van der Waals surface area contributed by atoms with Gasteiger partial charge in [0.1, 0.15) is 12.6 Å². The van der Waals surface area contributed by atoms with Gasteiger partial charge in [-0.15, -0.1) is 11.8 Å². The van der Waals surface area contributed by atoms with E-state index in [2.05, 4.69) is 11.0 Å². The zero-order valence-corrected chi connectivity index (χ0v) is 16.3. The first-order chi connectivity index (χ1) is 12.1. The van der Waals surface area contributed by atoms with E-state index in [1.165, 1.54) is 10.6 Å². The summed E-state index contributed by atoms with van der Waals surface area (Å²) in [5, 5.41) is 11.9. The molecule has 25 heavy (non-hydrogen) atoms. The van der Waals surface area contributed by atoms with Gasteiger partial charge in [0, 0.05) is 26.4 Å². The molecule has 2 aromatic carbocycles. The second kappa shape index (κ2) is 9.15. The number of piperazine rings is 1. The summed E-state index contributed by atoms with van der Waals surface area (Å²) >= 11 is 13.7. The van der Waals surface area contributed by atoms with Crippen LogP contribution in [-0.2, 0) is 0 Å². The van der Waals surface area contributed by atoms with Gasteiger partial charge >= 0.3 is 0 Å². The second-order valence-electron chi connectivity index (χ2n) is 6.34. The van der Waals surface area contributed by atoms with E-state index in [4.69, 9.17) is 23.2 Å². The van der Waals surface area contributed by atoms with Crippen molar-refractivity contribution >= 4 is 40.7 Å². The number of aliphatic hydroxyl groups is 1. The number of quaternary nitrogens is 1. The van der Waals surface area contributed by atoms with E-state index < -0.39 is 0 Å². The van der Waals surface area contributed by atoms with E-state index in [0.29, 0.717) is 5.75 Å². The number of nitrogens with zero attached hydrogens (tertiary/aromatic N) is 1. The molecule has 0 bridgehead atoms. The van der Waals surface area contributed by atoms with Crippen molar-refractivity contribution in [3.8, 4) is 0 Å². The van der Waals surface area contributed by atoms with Crippen LogP contribution in [0.5, 0.6) is 0 Å². The minimum absolute atomic E-state index is 0.309. The van der Waals surface area contributed by atoms with Crippen LogP contribution in [0.2, 0.25) is 10.0 Å². The van der Waals surface area contributed by atoms with Gasteiger partial charge in [-0.2, -0.15) is 0 Å². The van der Waals surface area contributed by atoms with E-state index in [0.717, 1.165) is 47.7 Å². The lowest BCUT2D eigenvalue weighted by molar-refractivity contribution is -0.903. The van der Waals surface area contributed by atoms with E-state index in [1.807, 2.05) is 42.5 Å². The third-order valence-electron chi connectivity index (χ3n) is 4.41. The smallest absolute Gasteiger partial charge is 0.112 e. The predicted molar refractivity (Wildman–Crippen MR) is 107 cm³/mol. The molecule has 0 unspecified atom stereocenters. The Balaban J connectivity index is 1.42. The topological polar surface area (TPSA) is 27.9 Å². The highest BCUT2D eigenvalue weighted by molar-refractivity contribution is 7.99. The molecule has 1 heterocycles. The average molecular weight is 398 g/mol. The highest BCUT2D eigenvalue weighted by Gasteiger charge is 2.22. The van der Waals surface area contributed by atoms with Crippen molar-refractivity contribution in [3.63, 3.8) is 0 Å². The summed E-state index contributed by atoms with van der Waals surface area (Å²) in [4.78, 5) is 4.92.